The summed E-state index contributed by atoms with van der Waals surface area (Å²) in [4.78, 5) is 14.9. The highest BCUT2D eigenvalue weighted by Gasteiger charge is 2.32. The van der Waals surface area contributed by atoms with Gasteiger partial charge in [-0.15, -0.1) is 11.6 Å². The van der Waals surface area contributed by atoms with Crippen LogP contribution in [0.4, 0.5) is 0 Å². The van der Waals surface area contributed by atoms with Gasteiger partial charge in [-0.25, -0.2) is 0 Å². The molecule has 1 unspecified atom stereocenters. The number of hydrogen-bond acceptors (Lipinski definition) is 4. The highest BCUT2D eigenvalue weighted by Crippen LogP contribution is 2.26. The van der Waals surface area contributed by atoms with Crippen molar-refractivity contribution in [1.29, 1.82) is 0 Å². The van der Waals surface area contributed by atoms with E-state index in [2.05, 4.69) is 11.3 Å². The number of carbonyl (C=O) groups excluding carboxylic acids is 1. The number of aryl methyl sites for hydroxylation is 1. The van der Waals surface area contributed by atoms with Crippen LogP contribution in [0, 0.1) is 6.92 Å². The lowest BCUT2D eigenvalue weighted by Gasteiger charge is -2.38. The van der Waals surface area contributed by atoms with Crippen molar-refractivity contribution < 1.29 is 9.53 Å². The van der Waals surface area contributed by atoms with Crippen LogP contribution in [-0.4, -0.2) is 39.8 Å². The molecule has 1 fully saturated rings. The number of alkyl halides is 1. The summed E-state index contributed by atoms with van der Waals surface area (Å²) in [6.45, 7) is 5.97. The highest BCUT2D eigenvalue weighted by atomic mass is 35.5. The molecule has 112 valence electrons. The smallest absolute Gasteiger partial charge is 0.237 e. The molecular weight excluding hydrogens is 296 g/mol. The minimum atomic E-state index is -0.250. The fourth-order valence-electron chi connectivity index (χ4n) is 2.52. The molecule has 0 aromatic carbocycles. The Balaban J connectivity index is 2.05. The lowest BCUT2D eigenvalue weighted by atomic mass is 9.95. The van der Waals surface area contributed by atoms with Gasteiger partial charge >= 0.3 is 0 Å². The van der Waals surface area contributed by atoms with Crippen LogP contribution in [0.5, 0.6) is 0 Å². The standard InChI is InChI=1S/C14H21ClN2O2S/c1-11-7-12(20-16-11)9-17(13(18)8-15)10-14(2)5-3-4-6-19-14/h7H,3-6,8-10H2,1-2H3. The minimum Gasteiger partial charge on any atom is -0.373 e. The molecule has 1 amide bonds. The zero-order chi connectivity index (χ0) is 14.6. The zero-order valence-electron chi connectivity index (χ0n) is 12.0. The van der Waals surface area contributed by atoms with Crippen LogP contribution >= 0.6 is 23.1 Å². The van der Waals surface area contributed by atoms with Crippen molar-refractivity contribution in [2.45, 2.75) is 45.3 Å². The van der Waals surface area contributed by atoms with Gasteiger partial charge in [-0.1, -0.05) is 0 Å². The molecule has 1 aromatic heterocycles. The molecule has 0 spiro atoms. The molecule has 6 heteroatoms. The van der Waals surface area contributed by atoms with E-state index in [1.54, 1.807) is 4.90 Å². The first-order valence-corrected chi connectivity index (χ1v) is 8.23. The second-order valence-corrected chi connectivity index (χ2v) is 6.73. The Morgan fingerprint density at radius 1 is 1.60 bits per heavy atom. The fourth-order valence-corrected chi connectivity index (χ4v) is 3.44. The van der Waals surface area contributed by atoms with Gasteiger partial charge < -0.3 is 9.64 Å². The number of rotatable bonds is 5. The maximum Gasteiger partial charge on any atom is 0.237 e. The van der Waals surface area contributed by atoms with E-state index in [0.717, 1.165) is 36.4 Å². The Kier molecular flexibility index (Phi) is 5.41. The number of halogens is 1. The first kappa shape index (κ1) is 15.7. The van der Waals surface area contributed by atoms with E-state index >= 15 is 0 Å². The van der Waals surface area contributed by atoms with Crippen molar-refractivity contribution in [3.8, 4) is 0 Å². The summed E-state index contributed by atoms with van der Waals surface area (Å²) >= 11 is 7.18. The highest BCUT2D eigenvalue weighted by molar-refractivity contribution is 7.05. The van der Waals surface area contributed by atoms with Gasteiger partial charge in [0.25, 0.3) is 0 Å². The second-order valence-electron chi connectivity index (χ2n) is 5.57. The van der Waals surface area contributed by atoms with Gasteiger partial charge in [0.15, 0.2) is 0 Å². The number of nitrogens with zero attached hydrogens (tertiary/aromatic N) is 2. The van der Waals surface area contributed by atoms with Crippen molar-refractivity contribution in [3.05, 3.63) is 16.6 Å². The maximum absolute atomic E-state index is 12.1. The van der Waals surface area contributed by atoms with Crippen LogP contribution in [0.1, 0.15) is 36.8 Å². The van der Waals surface area contributed by atoms with Crippen LogP contribution in [0.3, 0.4) is 0 Å². The molecule has 0 N–H and O–H groups in total. The Bertz CT molecular complexity index is 458. The molecule has 1 atom stereocenters. The zero-order valence-corrected chi connectivity index (χ0v) is 13.6. The molecule has 1 aliphatic heterocycles. The van der Waals surface area contributed by atoms with E-state index in [1.807, 2.05) is 13.0 Å². The Hall–Kier alpha value is -0.650. The van der Waals surface area contributed by atoms with Gasteiger partial charge in [0.05, 0.1) is 17.8 Å². The van der Waals surface area contributed by atoms with Gasteiger partial charge in [-0.05, 0) is 50.7 Å². The van der Waals surface area contributed by atoms with Crippen LogP contribution < -0.4 is 0 Å². The summed E-state index contributed by atoms with van der Waals surface area (Å²) in [7, 11) is 0. The first-order valence-electron chi connectivity index (χ1n) is 6.92. The fraction of sp³-hybridized carbons (Fsp3) is 0.714. The van der Waals surface area contributed by atoms with E-state index < -0.39 is 0 Å². The van der Waals surface area contributed by atoms with Crippen molar-refractivity contribution in [3.63, 3.8) is 0 Å². The topological polar surface area (TPSA) is 42.4 Å². The summed E-state index contributed by atoms with van der Waals surface area (Å²) in [5.41, 5.74) is 0.739. The maximum atomic E-state index is 12.1. The number of carbonyl (C=O) groups is 1. The molecule has 2 heterocycles. The second kappa shape index (κ2) is 6.87. The normalized spacial score (nSPS) is 22.8. The molecule has 1 aromatic rings. The molecule has 0 bridgehead atoms. The van der Waals surface area contributed by atoms with Crippen molar-refractivity contribution in [2.24, 2.45) is 0 Å². The lowest BCUT2D eigenvalue weighted by Crippen LogP contribution is -2.47. The van der Waals surface area contributed by atoms with Crippen LogP contribution in [0.2, 0.25) is 0 Å². The van der Waals surface area contributed by atoms with E-state index in [1.165, 1.54) is 11.5 Å². The molecule has 4 nitrogen and oxygen atoms in total. The van der Waals surface area contributed by atoms with Gasteiger partial charge in [0, 0.05) is 18.0 Å². The predicted octanol–water partition coefficient (Wildman–Crippen LogP) is 2.98. The van der Waals surface area contributed by atoms with Gasteiger partial charge in [-0.3, -0.25) is 4.79 Å². The summed E-state index contributed by atoms with van der Waals surface area (Å²) in [5, 5.41) is 0. The molecule has 20 heavy (non-hydrogen) atoms. The van der Waals surface area contributed by atoms with Crippen LogP contribution in [-0.2, 0) is 16.1 Å². The van der Waals surface area contributed by atoms with Crippen molar-refractivity contribution in [2.75, 3.05) is 19.0 Å². The Labute approximate surface area is 129 Å². The molecule has 0 saturated carbocycles. The quantitative estimate of drug-likeness (QED) is 0.784. The molecule has 1 saturated heterocycles. The monoisotopic (exact) mass is 316 g/mol. The summed E-state index contributed by atoms with van der Waals surface area (Å²) in [5.74, 6) is -0.0402. The summed E-state index contributed by atoms with van der Waals surface area (Å²) < 4.78 is 10.1. The van der Waals surface area contributed by atoms with E-state index in [4.69, 9.17) is 16.3 Å². The van der Waals surface area contributed by atoms with E-state index in [0.29, 0.717) is 13.1 Å². The molecule has 0 aliphatic carbocycles. The molecule has 1 aliphatic rings. The number of amides is 1. The first-order chi connectivity index (χ1) is 9.52. The number of aromatic nitrogens is 1. The van der Waals surface area contributed by atoms with Crippen molar-refractivity contribution >= 4 is 29.0 Å². The summed E-state index contributed by atoms with van der Waals surface area (Å²) in [6, 6.07) is 2.02. The predicted molar refractivity (Wildman–Crippen MR) is 81.2 cm³/mol. The van der Waals surface area contributed by atoms with Crippen LogP contribution in [0.15, 0.2) is 6.07 Å². The van der Waals surface area contributed by atoms with Crippen LogP contribution in [0.25, 0.3) is 0 Å². The van der Waals surface area contributed by atoms with Gasteiger partial charge in [0.1, 0.15) is 5.88 Å². The largest absolute Gasteiger partial charge is 0.373 e. The summed E-state index contributed by atoms with van der Waals surface area (Å²) in [6.07, 6.45) is 3.24. The average molecular weight is 317 g/mol. The Morgan fingerprint density at radius 2 is 2.40 bits per heavy atom. The van der Waals surface area contributed by atoms with E-state index in [-0.39, 0.29) is 17.4 Å². The average Bonchev–Trinajstić information content (AvgIpc) is 2.83. The number of hydrogen-bond donors (Lipinski definition) is 0. The minimum absolute atomic E-state index is 0.00780. The molecule has 2 rings (SSSR count). The lowest BCUT2D eigenvalue weighted by molar-refractivity contribution is -0.137. The SMILES string of the molecule is Cc1cc(CN(CC2(C)CCCCO2)C(=O)CCl)sn1. The van der Waals surface area contributed by atoms with Crippen molar-refractivity contribution in [1.82, 2.24) is 9.27 Å². The number of ether oxygens (including phenoxy) is 1. The Morgan fingerprint density at radius 3 is 2.95 bits per heavy atom. The molecular formula is C14H21ClN2O2S. The third kappa shape index (κ3) is 4.17. The van der Waals surface area contributed by atoms with Gasteiger partial charge in [-0.2, -0.15) is 4.37 Å². The third-order valence-electron chi connectivity index (χ3n) is 3.57. The van der Waals surface area contributed by atoms with Gasteiger partial charge in [0.2, 0.25) is 5.91 Å². The molecule has 0 radical (unpaired) electrons. The third-order valence-corrected chi connectivity index (χ3v) is 4.66. The van der Waals surface area contributed by atoms with E-state index in [9.17, 15) is 4.79 Å².